The highest BCUT2D eigenvalue weighted by Crippen LogP contribution is 2.06. The van der Waals surface area contributed by atoms with Crippen molar-refractivity contribution < 1.29 is 14.6 Å². The molecule has 0 aliphatic heterocycles. The van der Waals surface area contributed by atoms with Crippen molar-refractivity contribution in [3.63, 3.8) is 0 Å². The van der Waals surface area contributed by atoms with Gasteiger partial charge in [-0.25, -0.2) is 0 Å². The quantitative estimate of drug-likeness (QED) is 0.488. The van der Waals surface area contributed by atoms with Crippen molar-refractivity contribution in [2.75, 3.05) is 13.2 Å². The fraction of sp³-hybridized carbons (Fsp3) is 0.889. The maximum atomic E-state index is 11.1. The number of ether oxygens (including phenoxy) is 1. The molecular weight excluding hydrogens is 156 g/mol. The van der Waals surface area contributed by atoms with Crippen molar-refractivity contribution in [2.24, 2.45) is 5.92 Å². The highest BCUT2D eigenvalue weighted by atomic mass is 16.5. The molecule has 0 aromatic carbocycles. The number of rotatable bonds is 6. The Morgan fingerprint density at radius 3 is 2.75 bits per heavy atom. The first-order valence-corrected chi connectivity index (χ1v) is 4.49. The van der Waals surface area contributed by atoms with Gasteiger partial charge in [-0.05, 0) is 6.42 Å². The molecule has 0 fully saturated rings. The Morgan fingerprint density at radius 2 is 2.25 bits per heavy atom. The zero-order valence-electron chi connectivity index (χ0n) is 7.88. The fourth-order valence-corrected chi connectivity index (χ4v) is 0.930. The normalized spacial score (nSPS) is 12.6. The first-order chi connectivity index (χ1) is 5.72. The van der Waals surface area contributed by atoms with Crippen LogP contribution in [0.15, 0.2) is 0 Å². The molecule has 0 aromatic rings. The minimum Gasteiger partial charge on any atom is -0.465 e. The largest absolute Gasteiger partial charge is 0.465 e. The molecule has 0 heterocycles. The maximum Gasteiger partial charge on any atom is 0.308 e. The lowest BCUT2D eigenvalue weighted by molar-refractivity contribution is -0.148. The van der Waals surface area contributed by atoms with Gasteiger partial charge in [0.25, 0.3) is 0 Å². The highest BCUT2D eigenvalue weighted by molar-refractivity contribution is 5.71. The van der Waals surface area contributed by atoms with Gasteiger partial charge in [0.2, 0.25) is 0 Å². The Labute approximate surface area is 73.7 Å². The Hall–Kier alpha value is -0.570. The number of hydrogen-bond donors (Lipinski definition) is 1. The van der Waals surface area contributed by atoms with E-state index in [4.69, 9.17) is 9.84 Å². The van der Waals surface area contributed by atoms with Crippen LogP contribution in [-0.4, -0.2) is 24.3 Å². The summed E-state index contributed by atoms with van der Waals surface area (Å²) in [5.41, 5.74) is 0. The standard InChI is InChI=1S/C9H18O3/c1-3-5-8(2)9(11)12-7-4-6-10/h8,10H,3-7H2,1-2H3. The second kappa shape index (κ2) is 7.10. The third-order valence-electron chi connectivity index (χ3n) is 1.67. The van der Waals surface area contributed by atoms with E-state index >= 15 is 0 Å². The number of aliphatic hydroxyl groups is 1. The predicted octanol–water partition coefficient (Wildman–Crippen LogP) is 1.35. The van der Waals surface area contributed by atoms with Crippen molar-refractivity contribution in [3.8, 4) is 0 Å². The lowest BCUT2D eigenvalue weighted by atomic mass is 10.1. The molecule has 12 heavy (non-hydrogen) atoms. The van der Waals surface area contributed by atoms with Crippen molar-refractivity contribution in [2.45, 2.75) is 33.1 Å². The van der Waals surface area contributed by atoms with Crippen LogP contribution in [0, 0.1) is 5.92 Å². The second-order valence-electron chi connectivity index (χ2n) is 2.93. The monoisotopic (exact) mass is 174 g/mol. The van der Waals surface area contributed by atoms with E-state index in [1.807, 2.05) is 13.8 Å². The Morgan fingerprint density at radius 1 is 1.58 bits per heavy atom. The van der Waals surface area contributed by atoms with Crippen molar-refractivity contribution >= 4 is 5.97 Å². The molecule has 0 saturated carbocycles. The Balaban J connectivity index is 3.43. The van der Waals surface area contributed by atoms with E-state index in [2.05, 4.69) is 0 Å². The van der Waals surface area contributed by atoms with E-state index in [-0.39, 0.29) is 18.5 Å². The van der Waals surface area contributed by atoms with Gasteiger partial charge in [0.15, 0.2) is 0 Å². The topological polar surface area (TPSA) is 46.5 Å². The molecule has 1 N–H and O–H groups in total. The van der Waals surface area contributed by atoms with Gasteiger partial charge in [0, 0.05) is 13.0 Å². The molecule has 0 radical (unpaired) electrons. The van der Waals surface area contributed by atoms with Crippen LogP contribution < -0.4 is 0 Å². The average molecular weight is 174 g/mol. The van der Waals surface area contributed by atoms with Crippen LogP contribution in [0.4, 0.5) is 0 Å². The van der Waals surface area contributed by atoms with E-state index in [0.29, 0.717) is 13.0 Å². The van der Waals surface area contributed by atoms with Crippen LogP contribution in [0.5, 0.6) is 0 Å². The van der Waals surface area contributed by atoms with Crippen LogP contribution in [0.2, 0.25) is 0 Å². The summed E-state index contributed by atoms with van der Waals surface area (Å²) in [7, 11) is 0. The fourth-order valence-electron chi connectivity index (χ4n) is 0.930. The van der Waals surface area contributed by atoms with Gasteiger partial charge in [-0.1, -0.05) is 20.3 Å². The van der Waals surface area contributed by atoms with Crippen LogP contribution >= 0.6 is 0 Å². The number of aliphatic hydroxyl groups excluding tert-OH is 1. The summed E-state index contributed by atoms with van der Waals surface area (Å²) in [5.74, 6) is -0.154. The molecule has 0 bridgehead atoms. The van der Waals surface area contributed by atoms with Gasteiger partial charge >= 0.3 is 5.97 Å². The summed E-state index contributed by atoms with van der Waals surface area (Å²) in [6.45, 7) is 4.32. The first-order valence-electron chi connectivity index (χ1n) is 4.49. The molecule has 3 nitrogen and oxygen atoms in total. The van der Waals surface area contributed by atoms with Gasteiger partial charge in [-0.2, -0.15) is 0 Å². The first kappa shape index (κ1) is 11.4. The van der Waals surface area contributed by atoms with Crippen LogP contribution in [0.25, 0.3) is 0 Å². The minimum absolute atomic E-state index is 0.00584. The average Bonchev–Trinajstić information content (AvgIpc) is 2.05. The molecule has 1 atom stereocenters. The summed E-state index contributed by atoms with van der Waals surface area (Å²) in [6.07, 6.45) is 2.40. The zero-order valence-corrected chi connectivity index (χ0v) is 7.88. The minimum atomic E-state index is -0.148. The summed E-state index contributed by atoms with van der Waals surface area (Å²) in [6, 6.07) is 0. The van der Waals surface area contributed by atoms with Crippen molar-refractivity contribution in [3.05, 3.63) is 0 Å². The van der Waals surface area contributed by atoms with E-state index in [0.717, 1.165) is 12.8 Å². The highest BCUT2D eigenvalue weighted by Gasteiger charge is 2.12. The molecule has 0 spiro atoms. The van der Waals surface area contributed by atoms with Gasteiger partial charge in [0.05, 0.1) is 12.5 Å². The number of esters is 1. The van der Waals surface area contributed by atoms with Gasteiger partial charge in [0.1, 0.15) is 0 Å². The molecular formula is C9H18O3. The SMILES string of the molecule is CCCC(C)C(=O)OCCCO. The number of carbonyl (C=O) groups excluding carboxylic acids is 1. The van der Waals surface area contributed by atoms with E-state index in [9.17, 15) is 4.79 Å². The molecule has 0 saturated heterocycles. The number of carbonyl (C=O) groups is 1. The zero-order chi connectivity index (χ0) is 9.40. The maximum absolute atomic E-state index is 11.1. The number of hydrogen-bond acceptors (Lipinski definition) is 3. The van der Waals surface area contributed by atoms with E-state index in [1.54, 1.807) is 0 Å². The van der Waals surface area contributed by atoms with Gasteiger partial charge in [-0.15, -0.1) is 0 Å². The third-order valence-corrected chi connectivity index (χ3v) is 1.67. The van der Waals surface area contributed by atoms with Crippen LogP contribution in [-0.2, 0) is 9.53 Å². The molecule has 0 amide bonds. The Bertz CT molecular complexity index is 123. The predicted molar refractivity (Wildman–Crippen MR) is 46.7 cm³/mol. The molecule has 0 aliphatic rings. The summed E-state index contributed by atoms with van der Waals surface area (Å²) < 4.78 is 4.90. The molecule has 0 aromatic heterocycles. The Kier molecular flexibility index (Phi) is 6.76. The lowest BCUT2D eigenvalue weighted by Crippen LogP contribution is -2.15. The second-order valence-corrected chi connectivity index (χ2v) is 2.93. The third kappa shape index (κ3) is 5.13. The smallest absolute Gasteiger partial charge is 0.308 e. The summed E-state index contributed by atoms with van der Waals surface area (Å²) >= 11 is 0. The summed E-state index contributed by atoms with van der Waals surface area (Å²) in [4.78, 5) is 11.1. The molecule has 3 heteroatoms. The van der Waals surface area contributed by atoms with Crippen LogP contribution in [0.3, 0.4) is 0 Å². The molecule has 0 aliphatic carbocycles. The lowest BCUT2D eigenvalue weighted by Gasteiger charge is -2.09. The molecule has 0 rings (SSSR count). The summed E-state index contributed by atoms with van der Waals surface area (Å²) in [5, 5.41) is 8.43. The van der Waals surface area contributed by atoms with E-state index < -0.39 is 0 Å². The van der Waals surface area contributed by atoms with Gasteiger partial charge < -0.3 is 9.84 Å². The van der Waals surface area contributed by atoms with Crippen LogP contribution in [0.1, 0.15) is 33.1 Å². The van der Waals surface area contributed by atoms with Crippen molar-refractivity contribution in [1.29, 1.82) is 0 Å². The van der Waals surface area contributed by atoms with Gasteiger partial charge in [-0.3, -0.25) is 4.79 Å². The molecule has 72 valence electrons. The molecule has 1 unspecified atom stereocenters. The van der Waals surface area contributed by atoms with Crippen molar-refractivity contribution in [1.82, 2.24) is 0 Å². The van der Waals surface area contributed by atoms with E-state index in [1.165, 1.54) is 0 Å².